The lowest BCUT2D eigenvalue weighted by molar-refractivity contribution is -0.192. The average molecular weight is 508 g/mol. The van der Waals surface area contributed by atoms with E-state index in [9.17, 15) is 15.0 Å². The summed E-state index contributed by atoms with van der Waals surface area (Å²) < 4.78 is 5.88. The Labute approximate surface area is 221 Å². The summed E-state index contributed by atoms with van der Waals surface area (Å²) in [6, 6.07) is 8.74. The fourth-order valence-corrected chi connectivity index (χ4v) is 12.3. The minimum absolute atomic E-state index is 0.0199. The molecule has 1 aromatic rings. The molecular formula is C32H45NO4. The number of aliphatic hydroxyl groups excluding tert-OH is 1. The number of Topliss-reactive ketones (excluding diaryl/α,β-unsaturated/α-hetero) is 1. The fraction of sp³-hybridized carbons (Fsp3) is 0.781. The normalized spacial score (nSPS) is 51.7. The summed E-state index contributed by atoms with van der Waals surface area (Å²) in [4.78, 5) is 13.5. The second-order valence-corrected chi connectivity index (χ2v) is 14.5. The van der Waals surface area contributed by atoms with Gasteiger partial charge in [0.2, 0.25) is 0 Å². The largest absolute Gasteiger partial charge is 0.392 e. The number of nitrogens with one attached hydrogen (secondary N) is 1. The standard InChI is InChI=1S/C32H45NO4/c1-18(34)17-33-23-7-5-6-19(12-23)10-20-11-22-9-8-21-15-31(22,14-20)30(3)27-24(21)16-29(30,2)32(36)26(37-4)13-25(35)28(27)32/h5-7,12,18,20-22,24,26-28,33-34,36H,8-11,13-17H2,1-4H3. The molecule has 5 heteroatoms. The van der Waals surface area contributed by atoms with Crippen LogP contribution in [0.1, 0.15) is 71.3 Å². The van der Waals surface area contributed by atoms with Crippen LogP contribution in [0, 0.1) is 51.8 Å². The van der Waals surface area contributed by atoms with Crippen LogP contribution in [-0.4, -0.2) is 47.5 Å². The number of ketones is 1. The van der Waals surface area contributed by atoms with Crippen molar-refractivity contribution in [2.45, 2.75) is 89.9 Å². The quantitative estimate of drug-likeness (QED) is 0.513. The number of rotatable bonds is 6. The average Bonchev–Trinajstić information content (AvgIpc) is 3.47. The topological polar surface area (TPSA) is 78.8 Å². The first-order chi connectivity index (χ1) is 17.6. The fourth-order valence-electron chi connectivity index (χ4n) is 12.3. The number of methoxy groups -OCH3 is 1. The van der Waals surface area contributed by atoms with E-state index in [4.69, 9.17) is 4.74 Å². The van der Waals surface area contributed by atoms with E-state index in [0.717, 1.165) is 18.5 Å². The number of aliphatic hydroxyl groups is 2. The van der Waals surface area contributed by atoms with Crippen molar-refractivity contribution in [3.63, 3.8) is 0 Å². The van der Waals surface area contributed by atoms with Crippen LogP contribution in [0.2, 0.25) is 0 Å². The maximum Gasteiger partial charge on any atom is 0.141 e. The van der Waals surface area contributed by atoms with E-state index in [2.05, 4.69) is 43.4 Å². The molecule has 0 aliphatic heterocycles. The lowest BCUT2D eigenvalue weighted by Crippen LogP contribution is -2.60. The maximum atomic E-state index is 13.5. The molecule has 7 rings (SSSR count). The number of hydrogen-bond acceptors (Lipinski definition) is 5. The van der Waals surface area contributed by atoms with Crippen LogP contribution in [-0.2, 0) is 16.0 Å². The molecular weight excluding hydrogens is 462 g/mol. The van der Waals surface area contributed by atoms with Gasteiger partial charge >= 0.3 is 0 Å². The van der Waals surface area contributed by atoms with E-state index in [1.807, 2.05) is 6.92 Å². The third-order valence-corrected chi connectivity index (χ3v) is 13.4. The van der Waals surface area contributed by atoms with Gasteiger partial charge in [-0.1, -0.05) is 26.0 Å². The van der Waals surface area contributed by atoms with Gasteiger partial charge in [-0.3, -0.25) is 4.79 Å². The Kier molecular flexibility index (Phi) is 5.20. The first-order valence-corrected chi connectivity index (χ1v) is 14.9. The highest BCUT2D eigenvalue weighted by molar-refractivity contribution is 5.88. The molecule has 6 saturated carbocycles. The van der Waals surface area contributed by atoms with Gasteiger partial charge in [0.1, 0.15) is 11.4 Å². The predicted molar refractivity (Wildman–Crippen MR) is 143 cm³/mol. The molecule has 6 bridgehead atoms. The summed E-state index contributed by atoms with van der Waals surface area (Å²) in [6.45, 7) is 7.25. The van der Waals surface area contributed by atoms with Crippen LogP contribution in [0.5, 0.6) is 0 Å². The first-order valence-electron chi connectivity index (χ1n) is 14.9. The minimum atomic E-state index is -1.02. The second-order valence-electron chi connectivity index (χ2n) is 14.5. The number of carbonyl (C=O) groups is 1. The number of anilines is 1. The molecule has 5 nitrogen and oxygen atoms in total. The minimum Gasteiger partial charge on any atom is -0.392 e. The van der Waals surface area contributed by atoms with Gasteiger partial charge in [0.15, 0.2) is 0 Å². The van der Waals surface area contributed by atoms with Crippen LogP contribution in [0.15, 0.2) is 24.3 Å². The molecule has 12 atom stereocenters. The lowest BCUT2D eigenvalue weighted by Gasteiger charge is -2.62. The summed E-state index contributed by atoms with van der Waals surface area (Å²) in [5.41, 5.74) is 1.36. The van der Waals surface area contributed by atoms with Gasteiger partial charge in [-0.2, -0.15) is 0 Å². The van der Waals surface area contributed by atoms with Crippen LogP contribution < -0.4 is 5.32 Å². The smallest absolute Gasteiger partial charge is 0.141 e. The molecule has 12 unspecified atom stereocenters. The SMILES string of the molecule is COC1CC(=O)C2C3C4CC(C)(C12O)C3(C)C12CC(Cc3cccc(NCC(C)O)c3)CC1CCC4C2. The Hall–Kier alpha value is -1.43. The van der Waals surface area contributed by atoms with Crippen molar-refractivity contribution in [3.8, 4) is 0 Å². The van der Waals surface area contributed by atoms with Gasteiger partial charge in [0.25, 0.3) is 0 Å². The van der Waals surface area contributed by atoms with Crippen molar-refractivity contribution in [2.75, 3.05) is 19.0 Å². The van der Waals surface area contributed by atoms with E-state index >= 15 is 0 Å². The molecule has 1 aromatic carbocycles. The Bertz CT molecular complexity index is 1120. The first kappa shape index (κ1) is 24.6. The van der Waals surface area contributed by atoms with Gasteiger partial charge in [-0.05, 0) is 110 Å². The molecule has 0 aromatic heterocycles. The summed E-state index contributed by atoms with van der Waals surface area (Å²) in [7, 11) is 1.69. The number of benzene rings is 1. The lowest BCUT2D eigenvalue weighted by atomic mass is 9.42. The van der Waals surface area contributed by atoms with E-state index in [0.29, 0.717) is 42.6 Å². The van der Waals surface area contributed by atoms with Gasteiger partial charge in [-0.25, -0.2) is 0 Å². The van der Waals surface area contributed by atoms with Crippen molar-refractivity contribution in [3.05, 3.63) is 29.8 Å². The van der Waals surface area contributed by atoms with E-state index in [1.54, 1.807) is 7.11 Å². The molecule has 0 heterocycles. The van der Waals surface area contributed by atoms with Gasteiger partial charge < -0.3 is 20.3 Å². The second kappa shape index (κ2) is 7.82. The summed E-state index contributed by atoms with van der Waals surface area (Å²) in [5.74, 6) is 2.96. The monoisotopic (exact) mass is 507 g/mol. The molecule has 1 spiro atoms. The van der Waals surface area contributed by atoms with Crippen molar-refractivity contribution >= 4 is 11.5 Å². The van der Waals surface area contributed by atoms with Gasteiger partial charge in [0.05, 0.1) is 18.1 Å². The number of ether oxygens (including phenoxy) is 1. The molecule has 0 amide bonds. The van der Waals surface area contributed by atoms with Gasteiger partial charge in [0, 0.05) is 31.2 Å². The van der Waals surface area contributed by atoms with Crippen LogP contribution in [0.25, 0.3) is 0 Å². The van der Waals surface area contributed by atoms with E-state index < -0.39 is 5.60 Å². The van der Waals surface area contributed by atoms with Crippen LogP contribution >= 0.6 is 0 Å². The molecule has 6 aliphatic rings. The zero-order chi connectivity index (χ0) is 26.0. The molecule has 0 saturated heterocycles. The zero-order valence-electron chi connectivity index (χ0n) is 23.0. The Balaban J connectivity index is 1.23. The molecule has 6 fully saturated rings. The predicted octanol–water partition coefficient (Wildman–Crippen LogP) is 4.85. The third kappa shape index (κ3) is 2.79. The van der Waals surface area contributed by atoms with Crippen molar-refractivity contribution in [1.29, 1.82) is 0 Å². The highest BCUT2D eigenvalue weighted by Gasteiger charge is 2.89. The van der Waals surface area contributed by atoms with Crippen LogP contribution in [0.3, 0.4) is 0 Å². The summed E-state index contributed by atoms with van der Waals surface area (Å²) in [5, 5.41) is 25.5. The summed E-state index contributed by atoms with van der Waals surface area (Å²) >= 11 is 0. The third-order valence-electron chi connectivity index (χ3n) is 13.4. The Morgan fingerprint density at radius 1 is 1.19 bits per heavy atom. The number of carbonyl (C=O) groups excluding carboxylic acids is 1. The highest BCUT2D eigenvalue weighted by Crippen LogP contribution is 2.88. The summed E-state index contributed by atoms with van der Waals surface area (Å²) in [6.07, 6.45) is 8.22. The highest BCUT2D eigenvalue weighted by atomic mass is 16.5. The molecule has 202 valence electrons. The van der Waals surface area contributed by atoms with E-state index in [-0.39, 0.29) is 40.2 Å². The number of fused-ring (bicyclic) bond motifs is 4. The maximum absolute atomic E-state index is 13.5. The Morgan fingerprint density at radius 2 is 2.00 bits per heavy atom. The molecule has 0 radical (unpaired) electrons. The number of hydrogen-bond donors (Lipinski definition) is 3. The molecule has 3 N–H and O–H groups in total. The van der Waals surface area contributed by atoms with Crippen LogP contribution in [0.4, 0.5) is 5.69 Å². The molecule has 6 aliphatic carbocycles. The van der Waals surface area contributed by atoms with E-state index in [1.165, 1.54) is 37.7 Å². The van der Waals surface area contributed by atoms with Crippen molar-refractivity contribution < 1.29 is 19.7 Å². The zero-order valence-corrected chi connectivity index (χ0v) is 23.0. The Morgan fingerprint density at radius 3 is 2.76 bits per heavy atom. The van der Waals surface area contributed by atoms with Gasteiger partial charge in [-0.15, -0.1) is 0 Å². The molecule has 37 heavy (non-hydrogen) atoms. The van der Waals surface area contributed by atoms with Crippen molar-refractivity contribution in [1.82, 2.24) is 0 Å². The van der Waals surface area contributed by atoms with Crippen molar-refractivity contribution in [2.24, 2.45) is 51.8 Å².